The number of amides is 1. The maximum atomic E-state index is 12.9. The van der Waals surface area contributed by atoms with Crippen LogP contribution < -0.4 is 10.1 Å². The fourth-order valence-corrected chi connectivity index (χ4v) is 3.72. The van der Waals surface area contributed by atoms with Crippen molar-refractivity contribution in [2.75, 3.05) is 7.11 Å². The number of hydrogen-bond donors (Lipinski definition) is 1. The van der Waals surface area contributed by atoms with Crippen molar-refractivity contribution < 1.29 is 22.7 Å². The quantitative estimate of drug-likeness (QED) is 0.774. The van der Waals surface area contributed by atoms with Crippen molar-refractivity contribution in [1.29, 1.82) is 0 Å². The number of aryl methyl sites for hydroxylation is 2. The first-order valence-corrected chi connectivity index (χ1v) is 9.53. The lowest BCUT2D eigenvalue weighted by molar-refractivity contribution is -0.137. The second-order valence-electron chi connectivity index (χ2n) is 7.55. The van der Waals surface area contributed by atoms with Crippen LogP contribution in [0.1, 0.15) is 43.0 Å². The van der Waals surface area contributed by atoms with Gasteiger partial charge in [-0.05, 0) is 68.4 Å². The van der Waals surface area contributed by atoms with Gasteiger partial charge in [0.25, 0.3) is 0 Å². The third-order valence-electron chi connectivity index (χ3n) is 5.27. The average Bonchev–Trinajstić information content (AvgIpc) is 2.62. The molecule has 8 heteroatoms. The number of nitrogens with one attached hydrogen (secondary N) is 1. The number of rotatable bonds is 6. The second-order valence-corrected chi connectivity index (χ2v) is 7.55. The van der Waals surface area contributed by atoms with Gasteiger partial charge in [0, 0.05) is 18.5 Å². The largest absolute Gasteiger partial charge is 0.496 e. The first-order valence-electron chi connectivity index (χ1n) is 9.53. The number of nitrogens with zero attached hydrogens (tertiary/aromatic N) is 2. The Morgan fingerprint density at radius 1 is 1.24 bits per heavy atom. The Hall–Kier alpha value is -2.64. The zero-order chi connectivity index (χ0) is 21.2. The number of hydrogen-bond acceptors (Lipinski definition) is 4. The molecule has 2 aromatic rings. The van der Waals surface area contributed by atoms with Crippen molar-refractivity contribution in [3.63, 3.8) is 0 Å². The highest BCUT2D eigenvalue weighted by molar-refractivity contribution is 5.73. The molecule has 1 aliphatic rings. The van der Waals surface area contributed by atoms with Crippen molar-refractivity contribution in [2.45, 2.75) is 51.7 Å². The van der Waals surface area contributed by atoms with E-state index in [2.05, 4.69) is 15.5 Å². The van der Waals surface area contributed by atoms with Crippen molar-refractivity contribution in [1.82, 2.24) is 15.5 Å². The fourth-order valence-electron chi connectivity index (χ4n) is 3.72. The maximum Gasteiger partial charge on any atom is 0.416 e. The van der Waals surface area contributed by atoms with E-state index in [0.717, 1.165) is 49.1 Å². The van der Waals surface area contributed by atoms with Crippen LogP contribution in [0.5, 0.6) is 5.75 Å². The van der Waals surface area contributed by atoms with Crippen LogP contribution in [-0.4, -0.2) is 29.3 Å². The monoisotopic (exact) mass is 407 g/mol. The molecule has 0 saturated heterocycles. The molecule has 1 aliphatic carbocycles. The molecule has 1 aromatic heterocycles. The van der Waals surface area contributed by atoms with Crippen molar-refractivity contribution >= 4 is 5.91 Å². The van der Waals surface area contributed by atoms with E-state index in [-0.39, 0.29) is 17.7 Å². The molecule has 156 valence electrons. The molecule has 0 unspecified atom stereocenters. The molecular weight excluding hydrogens is 383 g/mol. The normalized spacial score (nSPS) is 18.8. The van der Waals surface area contributed by atoms with Gasteiger partial charge in [0.2, 0.25) is 5.91 Å². The van der Waals surface area contributed by atoms with E-state index < -0.39 is 11.7 Å². The molecule has 0 atom stereocenters. The minimum absolute atomic E-state index is 0.00391. The molecule has 0 aliphatic heterocycles. The number of benzene rings is 1. The highest BCUT2D eigenvalue weighted by Gasteiger charge is 2.32. The van der Waals surface area contributed by atoms with Crippen LogP contribution in [0.25, 0.3) is 11.3 Å². The molecule has 29 heavy (non-hydrogen) atoms. The molecule has 1 saturated carbocycles. The van der Waals surface area contributed by atoms with Crippen LogP contribution in [0.3, 0.4) is 0 Å². The lowest BCUT2D eigenvalue weighted by Gasteiger charge is -2.35. The van der Waals surface area contributed by atoms with E-state index in [1.54, 1.807) is 0 Å². The van der Waals surface area contributed by atoms with E-state index in [1.807, 2.05) is 13.0 Å². The fraction of sp³-hybridized carbons (Fsp3) is 0.476. The molecule has 0 bridgehead atoms. The zero-order valence-electron chi connectivity index (χ0n) is 16.6. The summed E-state index contributed by atoms with van der Waals surface area (Å²) >= 11 is 0. The van der Waals surface area contributed by atoms with Crippen LogP contribution in [0.2, 0.25) is 0 Å². The summed E-state index contributed by atoms with van der Waals surface area (Å²) in [5.41, 5.74) is 1.90. The van der Waals surface area contributed by atoms with Gasteiger partial charge in [0.05, 0.1) is 24.1 Å². The number of halogens is 3. The van der Waals surface area contributed by atoms with Crippen LogP contribution >= 0.6 is 0 Å². The number of methoxy groups -OCH3 is 1. The highest BCUT2D eigenvalue weighted by Crippen LogP contribution is 2.37. The second kappa shape index (κ2) is 8.39. The lowest BCUT2D eigenvalue weighted by atomic mass is 9.77. The Balaban J connectivity index is 1.68. The molecule has 1 aromatic carbocycles. The van der Waals surface area contributed by atoms with Crippen LogP contribution in [-0.2, 0) is 17.4 Å². The molecule has 1 heterocycles. The van der Waals surface area contributed by atoms with E-state index in [9.17, 15) is 18.0 Å². The third-order valence-corrected chi connectivity index (χ3v) is 5.27. The van der Waals surface area contributed by atoms with E-state index in [1.165, 1.54) is 20.1 Å². The van der Waals surface area contributed by atoms with Gasteiger partial charge in [-0.25, -0.2) is 0 Å². The summed E-state index contributed by atoms with van der Waals surface area (Å²) in [5.74, 6) is 0.677. The zero-order valence-corrected chi connectivity index (χ0v) is 16.6. The summed E-state index contributed by atoms with van der Waals surface area (Å²) in [4.78, 5) is 11.0. The first kappa shape index (κ1) is 21.1. The topological polar surface area (TPSA) is 64.1 Å². The molecule has 0 spiro atoms. The Morgan fingerprint density at radius 3 is 2.55 bits per heavy atom. The predicted octanol–water partition coefficient (Wildman–Crippen LogP) is 4.33. The molecule has 5 nitrogen and oxygen atoms in total. The predicted molar refractivity (Wildman–Crippen MR) is 102 cm³/mol. The minimum atomic E-state index is -4.43. The maximum absolute atomic E-state index is 12.9. The molecular formula is C21H24F3N3O2. The standard InChI is InChI=1S/C21H24F3N3O2/c1-12-8-16(6-4-14-9-17(10-14)25-13(2)28)26-27-20(12)18-7-5-15(21(22,23)24)11-19(18)29-3/h5,7-8,11,14,17H,4,6,9-10H2,1-3H3,(H,25,28). The molecule has 1 amide bonds. The Morgan fingerprint density at radius 2 is 1.97 bits per heavy atom. The summed E-state index contributed by atoms with van der Waals surface area (Å²) < 4.78 is 44.0. The lowest BCUT2D eigenvalue weighted by Crippen LogP contribution is -2.43. The smallest absolute Gasteiger partial charge is 0.416 e. The number of ether oxygens (including phenoxy) is 1. The minimum Gasteiger partial charge on any atom is -0.496 e. The number of carbonyl (C=O) groups excluding carboxylic acids is 1. The first-order chi connectivity index (χ1) is 13.7. The average molecular weight is 407 g/mol. The molecule has 3 rings (SSSR count). The van der Waals surface area contributed by atoms with Crippen molar-refractivity contribution in [2.24, 2.45) is 5.92 Å². The van der Waals surface area contributed by atoms with Gasteiger partial charge in [-0.15, -0.1) is 5.10 Å². The van der Waals surface area contributed by atoms with Crippen LogP contribution in [0.4, 0.5) is 13.2 Å². The van der Waals surface area contributed by atoms with Gasteiger partial charge >= 0.3 is 6.18 Å². The molecule has 0 radical (unpaired) electrons. The number of alkyl halides is 3. The van der Waals surface area contributed by atoms with Gasteiger partial charge in [-0.2, -0.15) is 18.3 Å². The van der Waals surface area contributed by atoms with Gasteiger partial charge in [-0.3, -0.25) is 4.79 Å². The summed E-state index contributed by atoms with van der Waals surface area (Å²) in [6.45, 7) is 3.39. The Labute approximate surface area is 167 Å². The number of carbonyl (C=O) groups is 1. The highest BCUT2D eigenvalue weighted by atomic mass is 19.4. The Kier molecular flexibility index (Phi) is 6.10. The summed E-state index contributed by atoms with van der Waals surface area (Å²) in [6.07, 6.45) is -0.737. The van der Waals surface area contributed by atoms with E-state index in [0.29, 0.717) is 17.2 Å². The number of aromatic nitrogens is 2. The van der Waals surface area contributed by atoms with Gasteiger partial charge < -0.3 is 10.1 Å². The van der Waals surface area contributed by atoms with Gasteiger partial charge in [-0.1, -0.05) is 0 Å². The molecule has 1 fully saturated rings. The van der Waals surface area contributed by atoms with Crippen LogP contribution in [0, 0.1) is 12.8 Å². The van der Waals surface area contributed by atoms with Crippen molar-refractivity contribution in [3.8, 4) is 17.0 Å². The van der Waals surface area contributed by atoms with Crippen LogP contribution in [0.15, 0.2) is 24.3 Å². The van der Waals surface area contributed by atoms with Crippen molar-refractivity contribution in [3.05, 3.63) is 41.1 Å². The van der Waals surface area contributed by atoms with E-state index in [4.69, 9.17) is 4.74 Å². The summed E-state index contributed by atoms with van der Waals surface area (Å²) in [6, 6.07) is 5.57. The third kappa shape index (κ3) is 5.05. The SMILES string of the molecule is COc1cc(C(F)(F)F)ccc1-c1nnc(CCC2CC(NC(C)=O)C2)cc1C. The van der Waals surface area contributed by atoms with Gasteiger partial charge in [0.1, 0.15) is 5.75 Å². The van der Waals surface area contributed by atoms with E-state index >= 15 is 0 Å². The Bertz CT molecular complexity index is 893. The summed E-state index contributed by atoms with van der Waals surface area (Å²) in [7, 11) is 1.34. The molecule has 1 N–H and O–H groups in total. The van der Waals surface area contributed by atoms with Gasteiger partial charge in [0.15, 0.2) is 0 Å². The summed E-state index contributed by atoms with van der Waals surface area (Å²) in [5, 5.41) is 11.4.